The predicted molar refractivity (Wildman–Crippen MR) is 74.5 cm³/mol. The molecule has 0 fully saturated rings. The molecular formula is C14H17FN4. The zero-order chi connectivity index (χ0) is 13.8. The highest BCUT2D eigenvalue weighted by atomic mass is 19.1. The summed E-state index contributed by atoms with van der Waals surface area (Å²) in [7, 11) is 0. The van der Waals surface area contributed by atoms with Gasteiger partial charge in [0.2, 0.25) is 0 Å². The van der Waals surface area contributed by atoms with E-state index in [1.165, 1.54) is 12.1 Å². The molecule has 0 unspecified atom stereocenters. The van der Waals surface area contributed by atoms with Crippen LogP contribution >= 0.6 is 0 Å². The molecule has 19 heavy (non-hydrogen) atoms. The fourth-order valence-corrected chi connectivity index (χ4v) is 1.80. The lowest BCUT2D eigenvalue weighted by Crippen LogP contribution is -2.10. The average Bonchev–Trinajstić information content (AvgIpc) is 2.37. The highest BCUT2D eigenvalue weighted by molar-refractivity contribution is 5.54. The van der Waals surface area contributed by atoms with Crippen LogP contribution in [0, 0.1) is 19.7 Å². The summed E-state index contributed by atoms with van der Waals surface area (Å²) < 4.78 is 12.8. The molecule has 0 aliphatic heterocycles. The minimum atomic E-state index is -0.216. The number of benzene rings is 1. The number of halogens is 1. The number of nitrogens with one attached hydrogen (secondary N) is 1. The van der Waals surface area contributed by atoms with Crippen LogP contribution in [0.5, 0.6) is 0 Å². The fourth-order valence-electron chi connectivity index (χ4n) is 1.80. The van der Waals surface area contributed by atoms with Crippen LogP contribution < -0.4 is 11.1 Å². The van der Waals surface area contributed by atoms with Gasteiger partial charge in [-0.3, -0.25) is 0 Å². The molecule has 0 spiro atoms. The summed E-state index contributed by atoms with van der Waals surface area (Å²) in [4.78, 5) is 8.41. The normalized spacial score (nSPS) is 10.5. The number of anilines is 2. The van der Waals surface area contributed by atoms with Gasteiger partial charge in [-0.15, -0.1) is 0 Å². The molecule has 100 valence electrons. The highest BCUT2D eigenvalue weighted by Crippen LogP contribution is 2.16. The average molecular weight is 260 g/mol. The molecule has 0 radical (unpaired) electrons. The van der Waals surface area contributed by atoms with Crippen molar-refractivity contribution in [3.8, 4) is 0 Å². The molecule has 0 bridgehead atoms. The lowest BCUT2D eigenvalue weighted by molar-refractivity contribution is 0.627. The number of hydrogen-bond donors (Lipinski definition) is 2. The highest BCUT2D eigenvalue weighted by Gasteiger charge is 2.05. The van der Waals surface area contributed by atoms with Crippen LogP contribution in [-0.2, 0) is 6.42 Å². The van der Waals surface area contributed by atoms with Gasteiger partial charge in [-0.25, -0.2) is 14.4 Å². The lowest BCUT2D eigenvalue weighted by atomic mass is 10.1. The van der Waals surface area contributed by atoms with Gasteiger partial charge in [0.1, 0.15) is 23.3 Å². The summed E-state index contributed by atoms with van der Waals surface area (Å²) in [6.45, 7) is 4.40. The second-order valence-electron chi connectivity index (χ2n) is 4.43. The Balaban J connectivity index is 1.98. The Hall–Kier alpha value is -2.17. The first-order valence-corrected chi connectivity index (χ1v) is 6.15. The number of nitrogens with zero attached hydrogens (tertiary/aromatic N) is 2. The van der Waals surface area contributed by atoms with E-state index in [0.717, 1.165) is 23.4 Å². The zero-order valence-electron chi connectivity index (χ0n) is 11.1. The molecule has 5 heteroatoms. The van der Waals surface area contributed by atoms with Crippen LogP contribution in [0.3, 0.4) is 0 Å². The van der Waals surface area contributed by atoms with Gasteiger partial charge >= 0.3 is 0 Å². The van der Waals surface area contributed by atoms with Gasteiger partial charge in [0.15, 0.2) is 0 Å². The van der Waals surface area contributed by atoms with E-state index in [2.05, 4.69) is 15.3 Å². The van der Waals surface area contributed by atoms with Crippen molar-refractivity contribution >= 4 is 11.6 Å². The summed E-state index contributed by atoms with van der Waals surface area (Å²) in [5.74, 6) is 1.68. The van der Waals surface area contributed by atoms with Crippen LogP contribution in [0.4, 0.5) is 16.0 Å². The van der Waals surface area contributed by atoms with Gasteiger partial charge in [0.25, 0.3) is 0 Å². The Bertz CT molecular complexity index is 566. The third kappa shape index (κ3) is 3.40. The van der Waals surface area contributed by atoms with E-state index in [-0.39, 0.29) is 5.82 Å². The molecule has 4 nitrogen and oxygen atoms in total. The maximum absolute atomic E-state index is 12.8. The summed E-state index contributed by atoms with van der Waals surface area (Å²) in [5.41, 5.74) is 7.71. The molecule has 1 heterocycles. The van der Waals surface area contributed by atoms with Crippen molar-refractivity contribution in [2.24, 2.45) is 0 Å². The lowest BCUT2D eigenvalue weighted by Gasteiger charge is -2.10. The zero-order valence-corrected chi connectivity index (χ0v) is 11.1. The van der Waals surface area contributed by atoms with E-state index in [1.807, 2.05) is 6.92 Å². The van der Waals surface area contributed by atoms with Gasteiger partial charge in [-0.1, -0.05) is 12.1 Å². The quantitative estimate of drug-likeness (QED) is 0.886. The van der Waals surface area contributed by atoms with Crippen LogP contribution in [-0.4, -0.2) is 16.5 Å². The SMILES string of the molecule is Cc1nc(N)c(C)c(NCCc2ccc(F)cc2)n1. The largest absolute Gasteiger partial charge is 0.383 e. The van der Waals surface area contributed by atoms with Gasteiger partial charge < -0.3 is 11.1 Å². The van der Waals surface area contributed by atoms with E-state index < -0.39 is 0 Å². The Kier molecular flexibility index (Phi) is 3.94. The molecule has 1 aromatic heterocycles. The molecule has 0 aliphatic rings. The Morgan fingerprint density at radius 2 is 1.84 bits per heavy atom. The van der Waals surface area contributed by atoms with Gasteiger partial charge in [-0.05, 0) is 38.0 Å². The van der Waals surface area contributed by atoms with Crippen molar-refractivity contribution < 1.29 is 4.39 Å². The molecule has 0 saturated heterocycles. The summed E-state index contributed by atoms with van der Waals surface area (Å²) in [6, 6.07) is 6.49. The van der Waals surface area contributed by atoms with E-state index >= 15 is 0 Å². The standard InChI is InChI=1S/C14H17FN4/c1-9-13(16)18-10(2)19-14(9)17-8-7-11-3-5-12(15)6-4-11/h3-6H,7-8H2,1-2H3,(H3,16,17,18,19). The Labute approximate surface area is 111 Å². The Morgan fingerprint density at radius 1 is 1.16 bits per heavy atom. The van der Waals surface area contributed by atoms with Gasteiger partial charge in [0, 0.05) is 12.1 Å². The van der Waals surface area contributed by atoms with Crippen LogP contribution in [0.2, 0.25) is 0 Å². The monoisotopic (exact) mass is 260 g/mol. The van der Waals surface area contributed by atoms with Crippen LogP contribution in [0.25, 0.3) is 0 Å². The first-order chi connectivity index (χ1) is 9.06. The first-order valence-electron chi connectivity index (χ1n) is 6.15. The maximum atomic E-state index is 12.8. The molecule has 2 rings (SSSR count). The van der Waals surface area contributed by atoms with E-state index in [1.54, 1.807) is 19.1 Å². The Morgan fingerprint density at radius 3 is 2.53 bits per heavy atom. The predicted octanol–water partition coefficient (Wildman–Crippen LogP) is 2.47. The second kappa shape index (κ2) is 5.65. The molecule has 0 amide bonds. The third-order valence-electron chi connectivity index (χ3n) is 2.91. The topological polar surface area (TPSA) is 63.8 Å². The molecule has 0 saturated carbocycles. The number of nitrogen functional groups attached to an aromatic ring is 1. The number of aryl methyl sites for hydroxylation is 1. The van der Waals surface area contributed by atoms with E-state index in [9.17, 15) is 4.39 Å². The molecular weight excluding hydrogens is 243 g/mol. The molecule has 2 aromatic rings. The minimum Gasteiger partial charge on any atom is -0.383 e. The van der Waals surface area contributed by atoms with Crippen molar-refractivity contribution in [1.29, 1.82) is 0 Å². The number of aromatic nitrogens is 2. The number of hydrogen-bond acceptors (Lipinski definition) is 4. The molecule has 3 N–H and O–H groups in total. The van der Waals surface area contributed by atoms with Gasteiger partial charge in [-0.2, -0.15) is 0 Å². The van der Waals surface area contributed by atoms with Crippen molar-refractivity contribution in [3.63, 3.8) is 0 Å². The van der Waals surface area contributed by atoms with E-state index in [0.29, 0.717) is 18.2 Å². The number of nitrogens with two attached hydrogens (primary N) is 1. The summed E-state index contributed by atoms with van der Waals surface area (Å²) in [6.07, 6.45) is 0.794. The minimum absolute atomic E-state index is 0.216. The van der Waals surface area contributed by atoms with Crippen molar-refractivity contribution in [2.75, 3.05) is 17.6 Å². The van der Waals surface area contributed by atoms with Gasteiger partial charge in [0.05, 0.1) is 0 Å². The maximum Gasteiger partial charge on any atom is 0.134 e. The number of rotatable bonds is 4. The van der Waals surface area contributed by atoms with Crippen LogP contribution in [0.1, 0.15) is 17.0 Å². The third-order valence-corrected chi connectivity index (χ3v) is 2.91. The molecule has 0 aliphatic carbocycles. The van der Waals surface area contributed by atoms with Crippen molar-refractivity contribution in [3.05, 3.63) is 47.0 Å². The van der Waals surface area contributed by atoms with Crippen LogP contribution in [0.15, 0.2) is 24.3 Å². The van der Waals surface area contributed by atoms with Crippen molar-refractivity contribution in [2.45, 2.75) is 20.3 Å². The first kappa shape index (κ1) is 13.3. The fraction of sp³-hybridized carbons (Fsp3) is 0.286. The molecule has 1 aromatic carbocycles. The summed E-state index contributed by atoms with van der Waals surface area (Å²) >= 11 is 0. The molecule has 0 atom stereocenters. The second-order valence-corrected chi connectivity index (χ2v) is 4.43. The summed E-state index contributed by atoms with van der Waals surface area (Å²) in [5, 5.41) is 3.23. The smallest absolute Gasteiger partial charge is 0.134 e. The van der Waals surface area contributed by atoms with Crippen molar-refractivity contribution in [1.82, 2.24) is 9.97 Å². The van der Waals surface area contributed by atoms with E-state index in [4.69, 9.17) is 5.73 Å².